The molecule has 0 aromatic heterocycles. The molecular weight excluding hydrogens is 333 g/mol. The van der Waals surface area contributed by atoms with E-state index in [1.54, 1.807) is 19.1 Å². The Hall–Kier alpha value is -2.24. The van der Waals surface area contributed by atoms with Crippen LogP contribution in [0.5, 0.6) is 0 Å². The second-order valence-corrected chi connectivity index (χ2v) is 6.45. The molecule has 138 valence electrons. The van der Waals surface area contributed by atoms with Crippen LogP contribution in [-0.4, -0.2) is 50.3 Å². The molecule has 3 rings (SSSR count). The summed E-state index contributed by atoms with van der Waals surface area (Å²) in [7, 11) is 0. The number of hydrogen-bond donors (Lipinski definition) is 0. The van der Waals surface area contributed by atoms with Gasteiger partial charge in [-0.15, -0.1) is 0 Å². The normalized spacial score (nSPS) is 16.2. The van der Waals surface area contributed by atoms with Gasteiger partial charge in [0, 0.05) is 25.2 Å². The molecule has 4 nitrogen and oxygen atoms in total. The number of esters is 1. The van der Waals surface area contributed by atoms with Crippen LogP contribution in [0.1, 0.15) is 18.4 Å². The molecule has 0 unspecified atom stereocenters. The number of benzene rings is 2. The Morgan fingerprint density at radius 3 is 2.62 bits per heavy atom. The molecule has 5 heteroatoms. The summed E-state index contributed by atoms with van der Waals surface area (Å²) in [6.07, 6.45) is 0. The number of carbonyl (C=O) groups is 1. The van der Waals surface area contributed by atoms with Crippen LogP contribution in [0.25, 0.3) is 11.1 Å². The zero-order chi connectivity index (χ0) is 18.4. The van der Waals surface area contributed by atoms with Gasteiger partial charge < -0.3 is 9.47 Å². The summed E-state index contributed by atoms with van der Waals surface area (Å²) >= 11 is 0. The SMILES string of the molecule is C[C@@H](C(=O)OCCN1CCOCC1)c1ccc(-c2ccccc2)c(F)c1. The molecule has 1 saturated heterocycles. The molecule has 1 fully saturated rings. The Morgan fingerprint density at radius 2 is 1.92 bits per heavy atom. The van der Waals surface area contributed by atoms with Crippen molar-refractivity contribution in [3.05, 3.63) is 59.9 Å². The summed E-state index contributed by atoms with van der Waals surface area (Å²) in [6, 6.07) is 14.3. The minimum absolute atomic E-state index is 0.329. The van der Waals surface area contributed by atoms with Crippen molar-refractivity contribution in [3.63, 3.8) is 0 Å². The summed E-state index contributed by atoms with van der Waals surface area (Å²) in [5.74, 6) is -1.16. The molecule has 1 atom stereocenters. The Kier molecular flexibility index (Phi) is 6.36. The first kappa shape index (κ1) is 18.5. The van der Waals surface area contributed by atoms with Gasteiger partial charge in [-0.3, -0.25) is 9.69 Å². The lowest BCUT2D eigenvalue weighted by Gasteiger charge is -2.26. The predicted molar refractivity (Wildman–Crippen MR) is 98.5 cm³/mol. The third-order valence-electron chi connectivity index (χ3n) is 4.69. The Balaban J connectivity index is 1.57. The molecule has 26 heavy (non-hydrogen) atoms. The number of rotatable bonds is 6. The lowest BCUT2D eigenvalue weighted by atomic mass is 9.97. The molecule has 0 bridgehead atoms. The van der Waals surface area contributed by atoms with E-state index < -0.39 is 5.92 Å². The van der Waals surface area contributed by atoms with Crippen LogP contribution in [0.2, 0.25) is 0 Å². The summed E-state index contributed by atoms with van der Waals surface area (Å²) in [5.41, 5.74) is 1.97. The molecule has 0 spiro atoms. The van der Waals surface area contributed by atoms with Gasteiger partial charge in [0.1, 0.15) is 12.4 Å². The largest absolute Gasteiger partial charge is 0.464 e. The van der Waals surface area contributed by atoms with E-state index in [-0.39, 0.29) is 11.8 Å². The fourth-order valence-electron chi connectivity index (χ4n) is 3.01. The molecule has 0 saturated carbocycles. The highest BCUT2D eigenvalue weighted by Gasteiger charge is 2.19. The molecule has 0 N–H and O–H groups in total. The quantitative estimate of drug-likeness (QED) is 0.742. The molecule has 1 aliphatic rings. The molecule has 1 heterocycles. The maximum absolute atomic E-state index is 14.5. The Labute approximate surface area is 153 Å². The van der Waals surface area contributed by atoms with Gasteiger partial charge in [0.25, 0.3) is 0 Å². The van der Waals surface area contributed by atoms with Crippen molar-refractivity contribution in [1.29, 1.82) is 0 Å². The number of ether oxygens (including phenoxy) is 2. The summed E-state index contributed by atoms with van der Waals surface area (Å²) in [4.78, 5) is 14.5. The predicted octanol–water partition coefficient (Wildman–Crippen LogP) is 3.47. The van der Waals surface area contributed by atoms with Crippen LogP contribution in [0.15, 0.2) is 48.5 Å². The van der Waals surface area contributed by atoms with Gasteiger partial charge in [0.2, 0.25) is 0 Å². The summed E-state index contributed by atoms with van der Waals surface area (Å²) < 4.78 is 25.1. The van der Waals surface area contributed by atoms with Gasteiger partial charge in [0.15, 0.2) is 0 Å². The topological polar surface area (TPSA) is 38.8 Å². The van der Waals surface area contributed by atoms with Crippen LogP contribution < -0.4 is 0 Å². The van der Waals surface area contributed by atoms with E-state index in [0.29, 0.717) is 24.3 Å². The van der Waals surface area contributed by atoms with E-state index in [2.05, 4.69) is 4.90 Å². The first-order valence-corrected chi connectivity index (χ1v) is 8.97. The summed E-state index contributed by atoms with van der Waals surface area (Å²) in [6.45, 7) is 5.94. The van der Waals surface area contributed by atoms with Crippen LogP contribution in [-0.2, 0) is 14.3 Å². The number of carbonyl (C=O) groups excluding carboxylic acids is 1. The second-order valence-electron chi connectivity index (χ2n) is 6.45. The standard InChI is InChI=1S/C21H24FNO3/c1-16(21(24)26-14-11-23-9-12-25-13-10-23)18-7-8-19(20(22)15-18)17-5-3-2-4-6-17/h2-8,15-16H,9-14H2,1H3/t16-/m1/s1. The zero-order valence-corrected chi connectivity index (χ0v) is 15.0. The highest BCUT2D eigenvalue weighted by atomic mass is 19.1. The average Bonchev–Trinajstić information content (AvgIpc) is 2.68. The van der Waals surface area contributed by atoms with Crippen molar-refractivity contribution < 1.29 is 18.7 Å². The molecule has 2 aromatic carbocycles. The zero-order valence-electron chi connectivity index (χ0n) is 15.0. The number of nitrogens with zero attached hydrogens (tertiary/aromatic N) is 1. The maximum Gasteiger partial charge on any atom is 0.313 e. The highest BCUT2D eigenvalue weighted by Crippen LogP contribution is 2.26. The van der Waals surface area contributed by atoms with Gasteiger partial charge in [-0.25, -0.2) is 4.39 Å². The van der Waals surface area contributed by atoms with E-state index in [1.807, 2.05) is 30.3 Å². The number of halogens is 1. The van der Waals surface area contributed by atoms with E-state index in [4.69, 9.17) is 9.47 Å². The lowest BCUT2D eigenvalue weighted by molar-refractivity contribution is -0.145. The Bertz CT molecular complexity index is 729. The van der Waals surface area contributed by atoms with Crippen LogP contribution >= 0.6 is 0 Å². The van der Waals surface area contributed by atoms with Crippen molar-refractivity contribution in [2.45, 2.75) is 12.8 Å². The second kappa shape index (κ2) is 8.92. The van der Waals surface area contributed by atoms with E-state index >= 15 is 0 Å². The van der Waals surface area contributed by atoms with Crippen LogP contribution in [0, 0.1) is 5.82 Å². The van der Waals surface area contributed by atoms with Crippen molar-refractivity contribution in [1.82, 2.24) is 4.90 Å². The minimum Gasteiger partial charge on any atom is -0.464 e. The summed E-state index contributed by atoms with van der Waals surface area (Å²) in [5, 5.41) is 0. The van der Waals surface area contributed by atoms with E-state index in [0.717, 1.165) is 31.9 Å². The van der Waals surface area contributed by atoms with E-state index in [9.17, 15) is 9.18 Å². The molecule has 0 radical (unpaired) electrons. The fraction of sp³-hybridized carbons (Fsp3) is 0.381. The van der Waals surface area contributed by atoms with Crippen molar-refractivity contribution in [2.24, 2.45) is 0 Å². The first-order valence-electron chi connectivity index (χ1n) is 8.97. The molecule has 0 amide bonds. The first-order chi connectivity index (χ1) is 12.6. The third-order valence-corrected chi connectivity index (χ3v) is 4.69. The molecule has 0 aliphatic carbocycles. The van der Waals surface area contributed by atoms with Gasteiger partial charge in [0.05, 0.1) is 19.1 Å². The molecule has 1 aliphatic heterocycles. The van der Waals surface area contributed by atoms with E-state index in [1.165, 1.54) is 6.07 Å². The van der Waals surface area contributed by atoms with Gasteiger partial charge in [-0.1, -0.05) is 42.5 Å². The Morgan fingerprint density at radius 1 is 1.19 bits per heavy atom. The van der Waals surface area contributed by atoms with Crippen LogP contribution in [0.4, 0.5) is 4.39 Å². The monoisotopic (exact) mass is 357 g/mol. The van der Waals surface area contributed by atoms with Crippen molar-refractivity contribution in [3.8, 4) is 11.1 Å². The fourth-order valence-corrected chi connectivity index (χ4v) is 3.01. The third kappa shape index (κ3) is 4.68. The van der Waals surface area contributed by atoms with Gasteiger partial charge >= 0.3 is 5.97 Å². The minimum atomic E-state index is -0.501. The number of hydrogen-bond acceptors (Lipinski definition) is 4. The van der Waals surface area contributed by atoms with Gasteiger partial charge in [-0.05, 0) is 24.1 Å². The molecular formula is C21H24FNO3. The van der Waals surface area contributed by atoms with Crippen LogP contribution in [0.3, 0.4) is 0 Å². The lowest BCUT2D eigenvalue weighted by Crippen LogP contribution is -2.38. The van der Waals surface area contributed by atoms with Crippen molar-refractivity contribution in [2.75, 3.05) is 39.5 Å². The molecule has 2 aromatic rings. The van der Waals surface area contributed by atoms with Gasteiger partial charge in [-0.2, -0.15) is 0 Å². The average molecular weight is 357 g/mol. The smallest absolute Gasteiger partial charge is 0.313 e. The number of morpholine rings is 1. The highest BCUT2D eigenvalue weighted by molar-refractivity contribution is 5.78. The maximum atomic E-state index is 14.5. The van der Waals surface area contributed by atoms with Crippen molar-refractivity contribution >= 4 is 5.97 Å².